The van der Waals surface area contributed by atoms with Gasteiger partial charge in [-0.05, 0) is 44.4 Å². The van der Waals surface area contributed by atoms with Gasteiger partial charge in [-0.1, -0.05) is 0 Å². The molecule has 8 heteroatoms. The lowest BCUT2D eigenvalue weighted by atomic mass is 10.1. The summed E-state index contributed by atoms with van der Waals surface area (Å²) in [5.74, 6) is 1.58. The molecule has 1 aliphatic rings. The van der Waals surface area contributed by atoms with E-state index in [-0.39, 0.29) is 0 Å². The van der Waals surface area contributed by atoms with E-state index in [1.807, 2.05) is 43.2 Å². The quantitative estimate of drug-likeness (QED) is 0.687. The van der Waals surface area contributed by atoms with Crippen molar-refractivity contribution in [2.45, 2.75) is 39.3 Å². The molecule has 1 fully saturated rings. The fraction of sp³-hybridized carbons (Fsp3) is 0.421. The van der Waals surface area contributed by atoms with Gasteiger partial charge in [0.25, 0.3) is 0 Å². The first-order valence-electron chi connectivity index (χ1n) is 9.18. The van der Waals surface area contributed by atoms with Gasteiger partial charge in [-0.25, -0.2) is 9.97 Å². The lowest BCUT2D eigenvalue weighted by Gasteiger charge is -2.31. The third-order valence-electron chi connectivity index (χ3n) is 4.73. The molecule has 0 amide bonds. The second-order valence-corrected chi connectivity index (χ2v) is 6.81. The van der Waals surface area contributed by atoms with Crippen molar-refractivity contribution in [3.8, 4) is 5.75 Å². The Kier molecular flexibility index (Phi) is 4.95. The van der Waals surface area contributed by atoms with E-state index in [4.69, 9.17) is 4.74 Å². The maximum absolute atomic E-state index is 5.80. The average Bonchev–Trinajstić information content (AvgIpc) is 3.17. The average molecular weight is 365 g/mol. The number of pyridine rings is 1. The molecular weight excluding hydrogens is 342 g/mol. The molecule has 4 rings (SSSR count). The summed E-state index contributed by atoms with van der Waals surface area (Å²) >= 11 is 0. The van der Waals surface area contributed by atoms with Crippen molar-refractivity contribution in [2.75, 3.05) is 18.0 Å². The van der Waals surface area contributed by atoms with E-state index in [2.05, 4.69) is 30.0 Å². The van der Waals surface area contributed by atoms with Gasteiger partial charge in [0.05, 0.1) is 17.9 Å². The number of piperidine rings is 1. The van der Waals surface area contributed by atoms with Gasteiger partial charge >= 0.3 is 0 Å². The summed E-state index contributed by atoms with van der Waals surface area (Å²) in [6, 6.07) is 4.07. The number of hydrogen-bond acceptors (Lipinski definition) is 7. The van der Waals surface area contributed by atoms with Crippen LogP contribution in [0, 0.1) is 13.8 Å². The Balaban J connectivity index is 1.33. The van der Waals surface area contributed by atoms with Crippen molar-refractivity contribution in [1.29, 1.82) is 0 Å². The third kappa shape index (κ3) is 4.05. The maximum atomic E-state index is 5.80. The van der Waals surface area contributed by atoms with Crippen LogP contribution in [0.1, 0.15) is 35.8 Å². The Morgan fingerprint density at radius 1 is 1.07 bits per heavy atom. The molecule has 0 saturated carbocycles. The monoisotopic (exact) mass is 365 g/mol. The summed E-state index contributed by atoms with van der Waals surface area (Å²) in [5.41, 5.74) is 2.77. The van der Waals surface area contributed by atoms with Crippen LogP contribution in [-0.2, 0) is 6.61 Å². The number of rotatable bonds is 5. The molecule has 27 heavy (non-hydrogen) atoms. The minimum Gasteiger partial charge on any atom is -0.485 e. The summed E-state index contributed by atoms with van der Waals surface area (Å²) in [6.07, 6.45) is 9.19. The van der Waals surface area contributed by atoms with Crippen LogP contribution in [0.4, 0.5) is 5.95 Å². The predicted molar refractivity (Wildman–Crippen MR) is 101 cm³/mol. The molecule has 0 aliphatic carbocycles. The van der Waals surface area contributed by atoms with E-state index in [9.17, 15) is 0 Å². The van der Waals surface area contributed by atoms with Gasteiger partial charge in [0.2, 0.25) is 5.95 Å². The molecule has 0 aromatic carbocycles. The molecule has 140 valence electrons. The standard InChI is InChI=1S/C19H23N7O/c1-14-10-21-19(22-11-14)25-8-5-17(6-9-25)26-23-12-16(24-26)13-27-18-4-3-7-20-15(18)2/h3-4,7,10-12,17H,5-6,8-9,13H2,1-2H3. The van der Waals surface area contributed by atoms with Crippen molar-refractivity contribution in [3.63, 3.8) is 0 Å². The molecule has 3 aromatic rings. The zero-order chi connectivity index (χ0) is 18.6. The Labute approximate surface area is 158 Å². The van der Waals surface area contributed by atoms with Crippen LogP contribution >= 0.6 is 0 Å². The first kappa shape index (κ1) is 17.4. The molecule has 0 spiro atoms. The lowest BCUT2D eigenvalue weighted by molar-refractivity contribution is 0.289. The highest BCUT2D eigenvalue weighted by molar-refractivity contribution is 5.30. The summed E-state index contributed by atoms with van der Waals surface area (Å²) in [4.78, 5) is 17.1. The van der Waals surface area contributed by atoms with Gasteiger partial charge in [0.15, 0.2) is 0 Å². The zero-order valence-corrected chi connectivity index (χ0v) is 15.6. The van der Waals surface area contributed by atoms with Gasteiger partial charge in [0.1, 0.15) is 18.1 Å². The minimum absolute atomic E-state index is 0.292. The molecule has 0 N–H and O–H groups in total. The van der Waals surface area contributed by atoms with Crippen molar-refractivity contribution in [3.05, 3.63) is 53.9 Å². The number of aryl methyl sites for hydroxylation is 2. The fourth-order valence-corrected chi connectivity index (χ4v) is 3.17. The van der Waals surface area contributed by atoms with Crippen LogP contribution in [0.5, 0.6) is 5.75 Å². The Bertz CT molecular complexity index is 885. The van der Waals surface area contributed by atoms with E-state index < -0.39 is 0 Å². The number of ether oxygens (including phenoxy) is 1. The van der Waals surface area contributed by atoms with Crippen molar-refractivity contribution in [2.24, 2.45) is 0 Å². The van der Waals surface area contributed by atoms with Crippen molar-refractivity contribution in [1.82, 2.24) is 29.9 Å². The van der Waals surface area contributed by atoms with E-state index in [1.54, 1.807) is 12.4 Å². The summed E-state index contributed by atoms with van der Waals surface area (Å²) in [7, 11) is 0. The van der Waals surface area contributed by atoms with Crippen LogP contribution in [-0.4, -0.2) is 43.0 Å². The Morgan fingerprint density at radius 2 is 1.85 bits per heavy atom. The van der Waals surface area contributed by atoms with Crippen molar-refractivity contribution >= 4 is 5.95 Å². The highest BCUT2D eigenvalue weighted by Crippen LogP contribution is 2.23. The molecule has 0 unspecified atom stereocenters. The fourth-order valence-electron chi connectivity index (χ4n) is 3.17. The van der Waals surface area contributed by atoms with Crippen LogP contribution in [0.15, 0.2) is 36.9 Å². The van der Waals surface area contributed by atoms with Crippen LogP contribution < -0.4 is 9.64 Å². The van der Waals surface area contributed by atoms with E-state index in [1.165, 1.54) is 0 Å². The zero-order valence-electron chi connectivity index (χ0n) is 15.6. The van der Waals surface area contributed by atoms with Gasteiger partial charge in [-0.2, -0.15) is 15.0 Å². The lowest BCUT2D eigenvalue weighted by Crippen LogP contribution is -2.36. The van der Waals surface area contributed by atoms with Crippen LogP contribution in [0.25, 0.3) is 0 Å². The molecule has 8 nitrogen and oxygen atoms in total. The van der Waals surface area contributed by atoms with E-state index in [0.29, 0.717) is 12.6 Å². The summed E-state index contributed by atoms with van der Waals surface area (Å²) in [6.45, 7) is 6.11. The smallest absolute Gasteiger partial charge is 0.225 e. The highest BCUT2D eigenvalue weighted by atomic mass is 16.5. The van der Waals surface area contributed by atoms with Gasteiger partial charge in [-0.3, -0.25) is 4.98 Å². The van der Waals surface area contributed by atoms with Gasteiger partial charge < -0.3 is 9.64 Å². The molecule has 3 aromatic heterocycles. The van der Waals surface area contributed by atoms with Crippen LogP contribution in [0.3, 0.4) is 0 Å². The predicted octanol–water partition coefficient (Wildman–Crippen LogP) is 2.50. The number of hydrogen-bond donors (Lipinski definition) is 0. The second kappa shape index (κ2) is 7.69. The number of anilines is 1. The van der Waals surface area contributed by atoms with E-state index in [0.717, 1.165) is 54.6 Å². The van der Waals surface area contributed by atoms with Gasteiger partial charge in [-0.15, -0.1) is 0 Å². The Hall–Kier alpha value is -3.03. The van der Waals surface area contributed by atoms with Gasteiger partial charge in [0, 0.05) is 31.7 Å². The van der Waals surface area contributed by atoms with Crippen LogP contribution in [0.2, 0.25) is 0 Å². The SMILES string of the molecule is Cc1cnc(N2CCC(n3ncc(COc4cccnc4C)n3)CC2)nc1. The first-order valence-corrected chi connectivity index (χ1v) is 9.18. The second-order valence-electron chi connectivity index (χ2n) is 6.81. The third-order valence-corrected chi connectivity index (χ3v) is 4.73. The maximum Gasteiger partial charge on any atom is 0.225 e. The Morgan fingerprint density at radius 3 is 2.59 bits per heavy atom. The number of nitrogens with zero attached hydrogens (tertiary/aromatic N) is 7. The summed E-state index contributed by atoms with van der Waals surface area (Å²) in [5, 5.41) is 9.04. The highest BCUT2D eigenvalue weighted by Gasteiger charge is 2.23. The normalized spacial score (nSPS) is 15.1. The molecule has 1 aliphatic heterocycles. The van der Waals surface area contributed by atoms with Crippen molar-refractivity contribution < 1.29 is 4.74 Å². The number of aromatic nitrogens is 6. The minimum atomic E-state index is 0.292. The molecular formula is C19H23N7O. The topological polar surface area (TPSA) is 81.9 Å². The molecule has 0 radical (unpaired) electrons. The molecule has 1 saturated heterocycles. The molecule has 4 heterocycles. The largest absolute Gasteiger partial charge is 0.485 e. The first-order chi connectivity index (χ1) is 13.2. The molecule has 0 atom stereocenters. The summed E-state index contributed by atoms with van der Waals surface area (Å²) < 4.78 is 5.80. The van der Waals surface area contributed by atoms with E-state index >= 15 is 0 Å². The molecule has 0 bridgehead atoms.